The van der Waals surface area contributed by atoms with Crippen LogP contribution < -0.4 is 0 Å². The quantitative estimate of drug-likeness (QED) is 0.455. The van der Waals surface area contributed by atoms with Crippen molar-refractivity contribution in [2.75, 3.05) is 54.5 Å². The Bertz CT molecular complexity index is 611. The van der Waals surface area contributed by atoms with Gasteiger partial charge in [0.05, 0.1) is 24.3 Å². The SMILES string of the molecule is CN(C)CCO.CN(C)CCO.O=C(O)c1ccccc1.O=C(O)c1ccccc1.[Zn+2]. The average molecular weight is 488 g/mol. The zero-order valence-corrected chi connectivity index (χ0v) is 21.8. The van der Waals surface area contributed by atoms with Gasteiger partial charge in [-0.1, -0.05) is 36.4 Å². The molecule has 0 radical (unpaired) electrons. The molecule has 2 aromatic carbocycles. The number of rotatable bonds is 6. The molecule has 0 heterocycles. The molecule has 0 bridgehead atoms. The molecule has 0 saturated carbocycles. The third-order valence-electron chi connectivity index (χ3n) is 3.14. The average Bonchev–Trinajstić information content (AvgIpc) is 2.70. The van der Waals surface area contributed by atoms with Gasteiger partial charge >= 0.3 is 31.4 Å². The molecule has 2 aromatic rings. The van der Waals surface area contributed by atoms with Crippen LogP contribution in [0.3, 0.4) is 0 Å². The summed E-state index contributed by atoms with van der Waals surface area (Å²) in [7, 11) is 7.71. The molecule has 0 amide bonds. The van der Waals surface area contributed by atoms with Crippen LogP contribution in [0.15, 0.2) is 60.7 Å². The number of carboxylic acids is 2. The Labute approximate surface area is 197 Å². The molecule has 0 aliphatic rings. The van der Waals surface area contributed by atoms with Crippen LogP contribution in [-0.2, 0) is 19.5 Å². The molecule has 0 aromatic heterocycles. The number of hydrogen-bond acceptors (Lipinski definition) is 6. The molecule has 0 aliphatic carbocycles. The van der Waals surface area contributed by atoms with Crippen molar-refractivity contribution >= 4 is 11.9 Å². The zero-order chi connectivity index (χ0) is 23.4. The van der Waals surface area contributed by atoms with Crippen molar-refractivity contribution in [3.63, 3.8) is 0 Å². The van der Waals surface area contributed by atoms with Crippen LogP contribution >= 0.6 is 0 Å². The van der Waals surface area contributed by atoms with E-state index in [1.807, 2.05) is 38.0 Å². The minimum atomic E-state index is -0.879. The van der Waals surface area contributed by atoms with Crippen LogP contribution in [0.1, 0.15) is 20.7 Å². The molecule has 0 atom stereocenters. The predicted molar refractivity (Wildman–Crippen MR) is 118 cm³/mol. The van der Waals surface area contributed by atoms with E-state index in [2.05, 4.69) is 0 Å². The Kier molecular flexibility index (Phi) is 24.3. The number of carboxylic acid groups (broad SMARTS) is 2. The number of likely N-dealkylation sites (N-methyl/N-ethyl adjacent to an activating group) is 2. The van der Waals surface area contributed by atoms with E-state index in [1.165, 1.54) is 0 Å². The first-order valence-corrected chi connectivity index (χ1v) is 9.23. The summed E-state index contributed by atoms with van der Waals surface area (Å²) in [5, 5.41) is 33.2. The van der Waals surface area contributed by atoms with Gasteiger partial charge in [0.1, 0.15) is 0 Å². The number of aliphatic hydroxyl groups excluding tert-OH is 2. The molecule has 0 saturated heterocycles. The maximum absolute atomic E-state index is 10.2. The summed E-state index contributed by atoms with van der Waals surface area (Å²) < 4.78 is 0. The van der Waals surface area contributed by atoms with Crippen molar-refractivity contribution in [2.45, 2.75) is 0 Å². The molecule has 4 N–H and O–H groups in total. The van der Waals surface area contributed by atoms with Crippen molar-refractivity contribution in [1.29, 1.82) is 0 Å². The van der Waals surface area contributed by atoms with E-state index in [4.69, 9.17) is 20.4 Å². The van der Waals surface area contributed by atoms with E-state index in [1.54, 1.807) is 60.7 Å². The largest absolute Gasteiger partial charge is 2.00 e. The van der Waals surface area contributed by atoms with Crippen molar-refractivity contribution in [3.05, 3.63) is 71.8 Å². The van der Waals surface area contributed by atoms with E-state index in [9.17, 15) is 9.59 Å². The number of aliphatic hydroxyl groups is 2. The second-order valence-corrected chi connectivity index (χ2v) is 6.40. The summed E-state index contributed by atoms with van der Waals surface area (Å²) in [6, 6.07) is 16.6. The van der Waals surface area contributed by atoms with E-state index in [-0.39, 0.29) is 32.7 Å². The minimum absolute atomic E-state index is 0. The van der Waals surface area contributed by atoms with E-state index >= 15 is 0 Å². The number of nitrogens with zero attached hydrogens (tertiary/aromatic N) is 2. The fraction of sp³-hybridized carbons (Fsp3) is 0.364. The van der Waals surface area contributed by atoms with Crippen molar-refractivity contribution < 1.29 is 49.5 Å². The molecule has 8 nitrogen and oxygen atoms in total. The first kappa shape index (κ1) is 33.5. The van der Waals surface area contributed by atoms with Gasteiger partial charge in [-0.3, -0.25) is 0 Å². The minimum Gasteiger partial charge on any atom is -0.478 e. The standard InChI is InChI=1S/2C7H6O2.2C4H11NO.Zn/c2*8-7(9)6-4-2-1-3-5-6;2*1-5(2)3-4-6;/h2*1-5H,(H,8,9);2*6H,3-4H2,1-2H3;/q;;;;+2. The molecular formula is C22H34N2O6Zn+2. The Morgan fingerprint density at radius 1 is 0.645 bits per heavy atom. The van der Waals surface area contributed by atoms with Gasteiger partial charge in [-0.25, -0.2) is 9.59 Å². The summed E-state index contributed by atoms with van der Waals surface area (Å²) >= 11 is 0. The van der Waals surface area contributed by atoms with Gasteiger partial charge in [0.25, 0.3) is 0 Å². The van der Waals surface area contributed by atoms with Crippen LogP contribution in [0.5, 0.6) is 0 Å². The molecule has 31 heavy (non-hydrogen) atoms. The van der Waals surface area contributed by atoms with Crippen molar-refractivity contribution in [2.24, 2.45) is 0 Å². The molecular weight excluding hydrogens is 454 g/mol. The van der Waals surface area contributed by atoms with Gasteiger partial charge in [-0.15, -0.1) is 0 Å². The van der Waals surface area contributed by atoms with Gasteiger partial charge in [-0.05, 0) is 52.5 Å². The fourth-order valence-electron chi connectivity index (χ4n) is 1.56. The summed E-state index contributed by atoms with van der Waals surface area (Å²) in [5.41, 5.74) is 0.662. The van der Waals surface area contributed by atoms with Crippen molar-refractivity contribution in [1.82, 2.24) is 9.80 Å². The Balaban J connectivity index is -0.000000341. The van der Waals surface area contributed by atoms with Crippen LogP contribution in [0.2, 0.25) is 0 Å². The van der Waals surface area contributed by atoms with Gasteiger partial charge in [-0.2, -0.15) is 0 Å². The second kappa shape index (κ2) is 22.5. The number of carbonyl (C=O) groups is 2. The first-order chi connectivity index (χ1) is 14.1. The summed E-state index contributed by atoms with van der Waals surface area (Å²) in [5.74, 6) is -1.76. The van der Waals surface area contributed by atoms with Gasteiger partial charge in [0, 0.05) is 13.1 Å². The summed E-state index contributed by atoms with van der Waals surface area (Å²) in [6.45, 7) is 2.04. The third-order valence-corrected chi connectivity index (χ3v) is 3.14. The number of hydrogen-bond donors (Lipinski definition) is 4. The number of benzene rings is 2. The smallest absolute Gasteiger partial charge is 0.478 e. The number of aromatic carboxylic acids is 2. The van der Waals surface area contributed by atoms with E-state index < -0.39 is 11.9 Å². The van der Waals surface area contributed by atoms with E-state index in [0.717, 1.165) is 13.1 Å². The molecule has 168 valence electrons. The van der Waals surface area contributed by atoms with E-state index in [0.29, 0.717) is 11.1 Å². The molecule has 0 unspecified atom stereocenters. The van der Waals surface area contributed by atoms with Gasteiger partial charge < -0.3 is 30.2 Å². The van der Waals surface area contributed by atoms with Crippen LogP contribution in [0.4, 0.5) is 0 Å². The Hall–Kier alpha value is -2.16. The maximum Gasteiger partial charge on any atom is 2.00 e. The van der Waals surface area contributed by atoms with Crippen LogP contribution in [0.25, 0.3) is 0 Å². The summed E-state index contributed by atoms with van der Waals surface area (Å²) in [4.78, 5) is 24.3. The maximum atomic E-state index is 10.2. The van der Waals surface area contributed by atoms with Gasteiger partial charge in [0.15, 0.2) is 0 Å². The topological polar surface area (TPSA) is 122 Å². The zero-order valence-electron chi connectivity index (χ0n) is 18.8. The first-order valence-electron chi connectivity index (χ1n) is 9.23. The Morgan fingerprint density at radius 3 is 1.00 bits per heavy atom. The monoisotopic (exact) mass is 486 g/mol. The third kappa shape index (κ3) is 24.0. The Morgan fingerprint density at radius 2 is 0.903 bits per heavy atom. The summed E-state index contributed by atoms with van der Waals surface area (Å²) in [6.07, 6.45) is 0. The fourth-order valence-corrected chi connectivity index (χ4v) is 1.56. The molecule has 0 aliphatic heterocycles. The molecule has 2 rings (SSSR count). The predicted octanol–water partition coefficient (Wildman–Crippen LogP) is 1.85. The van der Waals surface area contributed by atoms with Crippen molar-refractivity contribution in [3.8, 4) is 0 Å². The molecule has 0 fully saturated rings. The normalized spacial score (nSPS) is 9.03. The van der Waals surface area contributed by atoms with Gasteiger partial charge in [0.2, 0.25) is 0 Å². The van der Waals surface area contributed by atoms with Crippen LogP contribution in [0, 0.1) is 0 Å². The molecule has 0 spiro atoms. The second-order valence-electron chi connectivity index (χ2n) is 6.40. The molecule has 9 heteroatoms. The van der Waals surface area contributed by atoms with Crippen LogP contribution in [-0.4, -0.2) is 96.7 Å².